The van der Waals surface area contributed by atoms with Gasteiger partial charge in [-0.2, -0.15) is 0 Å². The van der Waals surface area contributed by atoms with Crippen molar-refractivity contribution in [2.24, 2.45) is 17.3 Å². The van der Waals surface area contributed by atoms with Crippen molar-refractivity contribution < 1.29 is 19.5 Å². The molecular formula is C15H24N2O4. The van der Waals surface area contributed by atoms with Crippen LogP contribution in [0.15, 0.2) is 0 Å². The first-order valence-corrected chi connectivity index (χ1v) is 7.58. The van der Waals surface area contributed by atoms with E-state index in [1.54, 1.807) is 11.8 Å². The summed E-state index contributed by atoms with van der Waals surface area (Å²) in [5.74, 6) is -1.34. The van der Waals surface area contributed by atoms with Crippen molar-refractivity contribution in [1.82, 2.24) is 10.2 Å². The highest BCUT2D eigenvalue weighted by Crippen LogP contribution is 2.34. The lowest BCUT2D eigenvalue weighted by atomic mass is 9.75. The van der Waals surface area contributed by atoms with Gasteiger partial charge in [0.25, 0.3) is 0 Å². The molecule has 21 heavy (non-hydrogen) atoms. The van der Waals surface area contributed by atoms with Crippen LogP contribution in [0, 0.1) is 17.3 Å². The monoisotopic (exact) mass is 296 g/mol. The van der Waals surface area contributed by atoms with E-state index in [-0.39, 0.29) is 36.1 Å². The van der Waals surface area contributed by atoms with Crippen LogP contribution in [0.25, 0.3) is 0 Å². The third kappa shape index (κ3) is 2.76. The predicted octanol–water partition coefficient (Wildman–Crippen LogP) is 0.860. The van der Waals surface area contributed by atoms with Crippen molar-refractivity contribution in [3.8, 4) is 0 Å². The molecule has 0 aromatic rings. The zero-order valence-electron chi connectivity index (χ0n) is 12.9. The summed E-state index contributed by atoms with van der Waals surface area (Å²) in [4.78, 5) is 37.6. The third-order valence-corrected chi connectivity index (χ3v) is 5.20. The number of piperidine rings is 1. The summed E-state index contributed by atoms with van der Waals surface area (Å²) in [6, 6.07) is -0.107. The van der Waals surface area contributed by atoms with E-state index in [1.165, 1.54) is 0 Å². The summed E-state index contributed by atoms with van der Waals surface area (Å²) in [5.41, 5.74) is -1.07. The number of hydrogen-bond acceptors (Lipinski definition) is 3. The SMILES string of the molecule is CC(C)C(C)(CC(=O)N1CCCC2C(=O)NCC21)C(=O)O. The number of fused-ring (bicyclic) bond motifs is 1. The number of rotatable bonds is 4. The van der Waals surface area contributed by atoms with Gasteiger partial charge in [-0.1, -0.05) is 13.8 Å². The summed E-state index contributed by atoms with van der Waals surface area (Å²) in [7, 11) is 0. The van der Waals surface area contributed by atoms with Crippen molar-refractivity contribution in [2.75, 3.05) is 13.1 Å². The van der Waals surface area contributed by atoms with Crippen molar-refractivity contribution in [1.29, 1.82) is 0 Å². The number of likely N-dealkylation sites (tertiary alicyclic amines) is 1. The molecule has 3 unspecified atom stereocenters. The molecule has 2 N–H and O–H groups in total. The van der Waals surface area contributed by atoms with Gasteiger partial charge in [-0.15, -0.1) is 0 Å². The minimum atomic E-state index is -1.07. The number of carboxylic acids is 1. The number of nitrogens with one attached hydrogen (secondary N) is 1. The lowest BCUT2D eigenvalue weighted by molar-refractivity contribution is -0.156. The maximum Gasteiger partial charge on any atom is 0.310 e. The van der Waals surface area contributed by atoms with Crippen molar-refractivity contribution >= 4 is 17.8 Å². The van der Waals surface area contributed by atoms with Crippen LogP contribution in [0.3, 0.4) is 0 Å². The highest BCUT2D eigenvalue weighted by molar-refractivity contribution is 5.87. The van der Waals surface area contributed by atoms with Crippen LogP contribution in [0.5, 0.6) is 0 Å². The fourth-order valence-corrected chi connectivity index (χ4v) is 3.20. The normalized spacial score (nSPS) is 28.0. The van der Waals surface area contributed by atoms with Crippen molar-refractivity contribution in [3.05, 3.63) is 0 Å². The molecule has 2 rings (SSSR count). The number of hydrogen-bond donors (Lipinski definition) is 2. The molecule has 2 saturated heterocycles. The topological polar surface area (TPSA) is 86.7 Å². The molecule has 118 valence electrons. The Kier molecular flexibility index (Phi) is 4.25. The minimum Gasteiger partial charge on any atom is -0.481 e. The number of carboxylic acid groups (broad SMARTS) is 1. The second-order valence-electron chi connectivity index (χ2n) is 6.70. The van der Waals surface area contributed by atoms with Gasteiger partial charge in [0.2, 0.25) is 11.8 Å². The summed E-state index contributed by atoms with van der Waals surface area (Å²) >= 11 is 0. The van der Waals surface area contributed by atoms with E-state index >= 15 is 0 Å². The Balaban J connectivity index is 2.12. The quantitative estimate of drug-likeness (QED) is 0.805. The number of carbonyl (C=O) groups is 3. The third-order valence-electron chi connectivity index (χ3n) is 5.20. The molecule has 2 fully saturated rings. The fraction of sp³-hybridized carbons (Fsp3) is 0.800. The van der Waals surface area contributed by atoms with Gasteiger partial charge in [0.15, 0.2) is 0 Å². The molecule has 2 amide bonds. The van der Waals surface area contributed by atoms with Crippen molar-refractivity contribution in [2.45, 2.75) is 46.1 Å². The minimum absolute atomic E-state index is 0.0161. The van der Waals surface area contributed by atoms with E-state index in [4.69, 9.17) is 0 Å². The molecule has 0 radical (unpaired) electrons. The molecular weight excluding hydrogens is 272 g/mol. The van der Waals surface area contributed by atoms with E-state index < -0.39 is 11.4 Å². The van der Waals surface area contributed by atoms with E-state index in [2.05, 4.69) is 5.32 Å². The van der Waals surface area contributed by atoms with Gasteiger partial charge < -0.3 is 15.3 Å². The van der Waals surface area contributed by atoms with Gasteiger partial charge >= 0.3 is 5.97 Å². The molecule has 6 nitrogen and oxygen atoms in total. The Morgan fingerprint density at radius 1 is 1.48 bits per heavy atom. The van der Waals surface area contributed by atoms with Gasteiger partial charge in [0.05, 0.1) is 17.4 Å². The Hall–Kier alpha value is -1.59. The fourth-order valence-electron chi connectivity index (χ4n) is 3.20. The summed E-state index contributed by atoms with van der Waals surface area (Å²) < 4.78 is 0. The van der Waals surface area contributed by atoms with Gasteiger partial charge in [0, 0.05) is 19.5 Å². The zero-order valence-corrected chi connectivity index (χ0v) is 12.9. The van der Waals surface area contributed by atoms with Crippen LogP contribution in [0.2, 0.25) is 0 Å². The number of nitrogens with zero attached hydrogens (tertiary/aromatic N) is 1. The summed E-state index contributed by atoms with van der Waals surface area (Å²) in [5, 5.41) is 12.2. The molecule has 2 aliphatic heterocycles. The first kappa shape index (κ1) is 15.8. The Morgan fingerprint density at radius 3 is 2.71 bits per heavy atom. The molecule has 0 aliphatic carbocycles. The molecule has 3 atom stereocenters. The lowest BCUT2D eigenvalue weighted by Gasteiger charge is -2.38. The Morgan fingerprint density at radius 2 is 2.14 bits per heavy atom. The molecule has 0 aromatic carbocycles. The van der Waals surface area contributed by atoms with Crippen LogP contribution < -0.4 is 5.32 Å². The predicted molar refractivity (Wildman–Crippen MR) is 76.4 cm³/mol. The lowest BCUT2D eigenvalue weighted by Crippen LogP contribution is -2.51. The standard InChI is InChI=1S/C15H24N2O4/c1-9(2)15(3,14(20)21)7-12(18)17-6-4-5-10-11(17)8-16-13(10)19/h9-11H,4-8H2,1-3H3,(H,16,19)(H,20,21). The highest BCUT2D eigenvalue weighted by Gasteiger charge is 2.45. The van der Waals surface area contributed by atoms with E-state index in [0.29, 0.717) is 13.1 Å². The van der Waals surface area contributed by atoms with E-state index in [9.17, 15) is 19.5 Å². The summed E-state index contributed by atoms with van der Waals surface area (Å²) in [6.45, 7) is 6.36. The number of carbonyl (C=O) groups excluding carboxylic acids is 2. The maximum absolute atomic E-state index is 12.6. The number of amides is 2. The molecule has 0 bridgehead atoms. The van der Waals surface area contributed by atoms with Crippen LogP contribution in [0.4, 0.5) is 0 Å². The van der Waals surface area contributed by atoms with Gasteiger partial charge in [0.1, 0.15) is 0 Å². The van der Waals surface area contributed by atoms with Gasteiger partial charge in [-0.25, -0.2) is 0 Å². The number of aliphatic carboxylic acids is 1. The Bertz CT molecular complexity index is 463. The smallest absolute Gasteiger partial charge is 0.310 e. The largest absolute Gasteiger partial charge is 0.481 e. The maximum atomic E-state index is 12.6. The first-order valence-electron chi connectivity index (χ1n) is 7.58. The van der Waals surface area contributed by atoms with Crippen LogP contribution in [0.1, 0.15) is 40.0 Å². The Labute approximate surface area is 124 Å². The van der Waals surface area contributed by atoms with E-state index in [0.717, 1.165) is 12.8 Å². The first-order chi connectivity index (χ1) is 9.77. The van der Waals surface area contributed by atoms with Gasteiger partial charge in [-0.3, -0.25) is 14.4 Å². The molecule has 0 aromatic heterocycles. The van der Waals surface area contributed by atoms with Crippen LogP contribution in [-0.4, -0.2) is 46.9 Å². The second kappa shape index (κ2) is 5.66. The molecule has 0 saturated carbocycles. The molecule has 2 aliphatic rings. The van der Waals surface area contributed by atoms with E-state index in [1.807, 2.05) is 13.8 Å². The average molecular weight is 296 g/mol. The molecule has 2 heterocycles. The van der Waals surface area contributed by atoms with Crippen LogP contribution >= 0.6 is 0 Å². The van der Waals surface area contributed by atoms with Crippen molar-refractivity contribution in [3.63, 3.8) is 0 Å². The second-order valence-corrected chi connectivity index (χ2v) is 6.70. The molecule has 6 heteroatoms. The van der Waals surface area contributed by atoms with Crippen LogP contribution in [-0.2, 0) is 14.4 Å². The molecule has 0 spiro atoms. The zero-order chi connectivity index (χ0) is 15.8. The summed E-state index contributed by atoms with van der Waals surface area (Å²) in [6.07, 6.45) is 1.59. The van der Waals surface area contributed by atoms with Gasteiger partial charge in [-0.05, 0) is 25.7 Å². The highest BCUT2D eigenvalue weighted by atomic mass is 16.4. The average Bonchev–Trinajstić information content (AvgIpc) is 2.80.